The molecule has 0 unspecified atom stereocenters. The zero-order chi connectivity index (χ0) is 25.0. The predicted octanol–water partition coefficient (Wildman–Crippen LogP) is 5.45. The Balaban J connectivity index is 1.50. The molecule has 36 heavy (non-hydrogen) atoms. The quantitative estimate of drug-likeness (QED) is 0.210. The number of fused-ring (bicyclic) bond motifs is 2. The third kappa shape index (κ3) is 3.34. The lowest BCUT2D eigenvalue weighted by atomic mass is 9.90. The molecule has 4 aromatic carbocycles. The Morgan fingerprint density at radius 2 is 1.58 bits per heavy atom. The van der Waals surface area contributed by atoms with Crippen molar-refractivity contribution in [2.24, 2.45) is 5.92 Å². The summed E-state index contributed by atoms with van der Waals surface area (Å²) in [6, 6.07) is 25.1. The predicted molar refractivity (Wildman–Crippen MR) is 135 cm³/mol. The number of hydrogen-bond acceptors (Lipinski definition) is 6. The van der Waals surface area contributed by atoms with Gasteiger partial charge in [-0.05, 0) is 29.7 Å². The topological polar surface area (TPSA) is 93.0 Å². The number of nitro groups is 1. The average molecular weight is 500 g/mol. The minimum absolute atomic E-state index is 0.173. The number of para-hydroxylation sites is 1. The molecule has 0 aliphatic carbocycles. The van der Waals surface area contributed by atoms with E-state index < -0.39 is 34.8 Å². The van der Waals surface area contributed by atoms with E-state index in [2.05, 4.69) is 0 Å². The highest BCUT2D eigenvalue weighted by molar-refractivity contribution is 6.32. The van der Waals surface area contributed by atoms with Crippen molar-refractivity contribution in [2.45, 2.75) is 12.1 Å². The van der Waals surface area contributed by atoms with Gasteiger partial charge in [0.2, 0.25) is 5.91 Å². The number of nitro benzene ring substituents is 1. The number of halogens is 1. The molecule has 4 aromatic rings. The number of hydroxylamine groups is 1. The Morgan fingerprint density at radius 3 is 2.36 bits per heavy atom. The Labute approximate surface area is 210 Å². The highest BCUT2D eigenvalue weighted by Gasteiger charge is 2.61. The second-order valence-corrected chi connectivity index (χ2v) is 9.04. The third-order valence-corrected chi connectivity index (χ3v) is 6.99. The number of nitrogens with zero attached hydrogens (tertiary/aromatic N) is 3. The summed E-state index contributed by atoms with van der Waals surface area (Å²) in [4.78, 5) is 45.9. The largest absolute Gasteiger partial charge is 0.273 e. The summed E-state index contributed by atoms with van der Waals surface area (Å²) < 4.78 is 0. The zero-order valence-corrected chi connectivity index (χ0v) is 19.4. The maximum atomic E-state index is 14.0. The summed E-state index contributed by atoms with van der Waals surface area (Å²) in [6.07, 6.45) is -1.11. The van der Waals surface area contributed by atoms with E-state index in [1.165, 1.54) is 23.3 Å². The first-order valence-corrected chi connectivity index (χ1v) is 11.6. The van der Waals surface area contributed by atoms with E-state index in [9.17, 15) is 19.7 Å². The van der Waals surface area contributed by atoms with E-state index in [0.717, 1.165) is 15.7 Å². The van der Waals surface area contributed by atoms with E-state index in [-0.39, 0.29) is 10.7 Å². The highest BCUT2D eigenvalue weighted by Crippen LogP contribution is 2.50. The number of rotatable bonds is 4. The molecule has 2 aliphatic rings. The highest BCUT2D eigenvalue weighted by atomic mass is 35.5. The molecule has 0 saturated carbocycles. The number of non-ortho nitro benzene ring substituents is 1. The van der Waals surface area contributed by atoms with Gasteiger partial charge in [-0.1, -0.05) is 66.2 Å². The molecule has 0 spiro atoms. The first-order chi connectivity index (χ1) is 17.5. The number of amides is 2. The number of hydrogen-bond donors (Lipinski definition) is 0. The summed E-state index contributed by atoms with van der Waals surface area (Å²) >= 11 is 6.53. The van der Waals surface area contributed by atoms with Gasteiger partial charge >= 0.3 is 0 Å². The fourth-order valence-corrected chi connectivity index (χ4v) is 5.27. The molecule has 3 atom stereocenters. The molecule has 8 nitrogen and oxygen atoms in total. The number of carbonyl (C=O) groups is 2. The van der Waals surface area contributed by atoms with E-state index in [1.807, 2.05) is 36.4 Å². The van der Waals surface area contributed by atoms with Crippen LogP contribution in [0.3, 0.4) is 0 Å². The van der Waals surface area contributed by atoms with Crippen molar-refractivity contribution in [2.75, 3.05) is 9.96 Å². The molecule has 2 aliphatic heterocycles. The van der Waals surface area contributed by atoms with Crippen LogP contribution >= 0.6 is 11.6 Å². The van der Waals surface area contributed by atoms with Crippen molar-refractivity contribution in [3.05, 3.63) is 112 Å². The maximum Gasteiger partial charge on any atom is 0.269 e. The first kappa shape index (κ1) is 22.2. The molecule has 0 bridgehead atoms. The number of anilines is 2. The minimum atomic E-state index is -1.11. The van der Waals surface area contributed by atoms with Crippen molar-refractivity contribution in [1.82, 2.24) is 0 Å². The van der Waals surface area contributed by atoms with Crippen LogP contribution in [0.25, 0.3) is 10.8 Å². The summed E-state index contributed by atoms with van der Waals surface area (Å²) in [7, 11) is 0. The molecule has 2 fully saturated rings. The normalized spacial score (nSPS) is 21.3. The molecule has 0 radical (unpaired) electrons. The molecular formula is C27H18ClN3O5. The van der Waals surface area contributed by atoms with Crippen LogP contribution in [0.1, 0.15) is 11.6 Å². The van der Waals surface area contributed by atoms with Crippen LogP contribution in [0.2, 0.25) is 5.02 Å². The van der Waals surface area contributed by atoms with E-state index >= 15 is 0 Å². The van der Waals surface area contributed by atoms with Crippen LogP contribution in [0.4, 0.5) is 17.1 Å². The van der Waals surface area contributed by atoms with E-state index in [4.69, 9.17) is 16.4 Å². The number of carbonyl (C=O) groups excluding carboxylic acids is 2. The van der Waals surface area contributed by atoms with Crippen molar-refractivity contribution < 1.29 is 19.3 Å². The van der Waals surface area contributed by atoms with Gasteiger partial charge in [0, 0.05) is 28.1 Å². The first-order valence-electron chi connectivity index (χ1n) is 11.3. The molecule has 2 amide bonds. The van der Waals surface area contributed by atoms with Gasteiger partial charge in [-0.3, -0.25) is 24.5 Å². The average Bonchev–Trinajstić information content (AvgIpc) is 3.40. The lowest BCUT2D eigenvalue weighted by Crippen LogP contribution is -2.37. The fourth-order valence-electron chi connectivity index (χ4n) is 5.04. The monoisotopic (exact) mass is 499 g/mol. The summed E-state index contributed by atoms with van der Waals surface area (Å²) in [5, 5.41) is 14.9. The molecule has 0 N–H and O–H groups in total. The SMILES string of the molecule is O=C1[C@H]2[C@H](ON(c3ccccc3)[C@@H]2c2cc([N+](=O)[O-])ccc2Cl)C(=O)N1c1cccc2ccccc12. The van der Waals surface area contributed by atoms with Gasteiger partial charge in [-0.25, -0.2) is 9.96 Å². The minimum Gasteiger partial charge on any atom is -0.273 e. The van der Waals surface area contributed by atoms with Gasteiger partial charge in [-0.15, -0.1) is 0 Å². The summed E-state index contributed by atoms with van der Waals surface area (Å²) in [5.41, 5.74) is 1.23. The maximum absolute atomic E-state index is 14.0. The lowest BCUT2D eigenvalue weighted by Gasteiger charge is -2.29. The van der Waals surface area contributed by atoms with Crippen molar-refractivity contribution in [1.29, 1.82) is 0 Å². The molecule has 9 heteroatoms. The van der Waals surface area contributed by atoms with Crippen molar-refractivity contribution in [3.63, 3.8) is 0 Å². The number of benzene rings is 4. The number of imide groups is 1. The molecular weight excluding hydrogens is 482 g/mol. The van der Waals surface area contributed by atoms with Crippen molar-refractivity contribution in [3.8, 4) is 0 Å². The van der Waals surface area contributed by atoms with Crippen LogP contribution < -0.4 is 9.96 Å². The summed E-state index contributed by atoms with van der Waals surface area (Å²) in [5.74, 6) is -1.91. The Kier molecular flexibility index (Phi) is 5.21. The zero-order valence-electron chi connectivity index (χ0n) is 18.7. The van der Waals surface area contributed by atoms with Crippen LogP contribution in [-0.2, 0) is 14.4 Å². The van der Waals surface area contributed by atoms with Gasteiger partial charge < -0.3 is 0 Å². The standard InChI is InChI=1S/C27H18ClN3O5/c28-21-14-13-18(31(34)35)15-20(21)24-23-25(36-30(24)17-9-2-1-3-10-17)27(33)29(26(23)32)22-12-6-8-16-7-4-5-11-19(16)22/h1-15,23-25H/t23-,24-,25+/m1/s1. The van der Waals surface area contributed by atoms with Gasteiger partial charge in [0.1, 0.15) is 5.92 Å². The van der Waals surface area contributed by atoms with Gasteiger partial charge in [0.25, 0.3) is 11.6 Å². The Hall–Kier alpha value is -4.27. The molecule has 0 aromatic heterocycles. The Morgan fingerprint density at radius 1 is 0.861 bits per heavy atom. The Bertz CT molecular complexity index is 1540. The van der Waals surface area contributed by atoms with Crippen LogP contribution in [0.5, 0.6) is 0 Å². The summed E-state index contributed by atoms with van der Waals surface area (Å²) in [6.45, 7) is 0. The van der Waals surface area contributed by atoms with Crippen LogP contribution in [-0.4, -0.2) is 22.8 Å². The molecule has 6 rings (SSSR count). The third-order valence-electron chi connectivity index (χ3n) is 6.64. The fraction of sp³-hybridized carbons (Fsp3) is 0.111. The van der Waals surface area contributed by atoms with Gasteiger partial charge in [0.05, 0.1) is 22.3 Å². The molecule has 2 saturated heterocycles. The van der Waals surface area contributed by atoms with Crippen LogP contribution in [0, 0.1) is 16.0 Å². The van der Waals surface area contributed by atoms with Crippen LogP contribution in [0.15, 0.2) is 91.0 Å². The van der Waals surface area contributed by atoms with Gasteiger partial charge in [0.15, 0.2) is 6.10 Å². The van der Waals surface area contributed by atoms with Gasteiger partial charge in [-0.2, -0.15) is 0 Å². The smallest absolute Gasteiger partial charge is 0.269 e. The van der Waals surface area contributed by atoms with E-state index in [1.54, 1.807) is 36.4 Å². The second-order valence-electron chi connectivity index (χ2n) is 8.63. The van der Waals surface area contributed by atoms with Crippen molar-refractivity contribution >= 4 is 51.2 Å². The molecule has 178 valence electrons. The van der Waals surface area contributed by atoms with E-state index in [0.29, 0.717) is 16.9 Å². The molecule has 2 heterocycles. The second kappa shape index (κ2) is 8.44. The lowest BCUT2D eigenvalue weighted by molar-refractivity contribution is -0.384.